The lowest BCUT2D eigenvalue weighted by Gasteiger charge is -2.35. The number of carbonyl (C=O) groups is 1. The van der Waals surface area contributed by atoms with Crippen LogP contribution in [-0.2, 0) is 9.53 Å². The van der Waals surface area contributed by atoms with Crippen LogP contribution in [0.1, 0.15) is 40.0 Å². The van der Waals surface area contributed by atoms with E-state index >= 15 is 0 Å². The van der Waals surface area contributed by atoms with Gasteiger partial charge in [-0.25, -0.2) is 0 Å². The van der Waals surface area contributed by atoms with Crippen molar-refractivity contribution in [2.24, 2.45) is 5.41 Å². The van der Waals surface area contributed by atoms with Crippen molar-refractivity contribution in [1.29, 1.82) is 0 Å². The molecule has 0 aliphatic carbocycles. The number of nitrogens with one attached hydrogen (secondary N) is 2. The molecule has 0 radical (unpaired) electrons. The molecule has 1 heterocycles. The minimum Gasteiger partial charge on any atom is -0.368 e. The molecule has 17 heavy (non-hydrogen) atoms. The molecule has 0 spiro atoms. The van der Waals surface area contributed by atoms with Crippen LogP contribution < -0.4 is 10.6 Å². The molecule has 1 rings (SSSR count). The molecule has 1 fully saturated rings. The molecule has 0 aromatic carbocycles. The Kier molecular flexibility index (Phi) is 4.95. The number of ether oxygens (including phenoxy) is 1. The van der Waals surface area contributed by atoms with Gasteiger partial charge in [0.15, 0.2) is 0 Å². The number of methoxy groups -OCH3 is 1. The third-order valence-electron chi connectivity index (χ3n) is 3.38. The second-order valence-corrected chi connectivity index (χ2v) is 6.01. The molecule has 1 saturated heterocycles. The van der Waals surface area contributed by atoms with Gasteiger partial charge in [0.2, 0.25) is 0 Å². The van der Waals surface area contributed by atoms with E-state index < -0.39 is 5.60 Å². The van der Waals surface area contributed by atoms with Crippen LogP contribution >= 0.6 is 0 Å². The van der Waals surface area contributed by atoms with E-state index in [1.54, 1.807) is 7.11 Å². The van der Waals surface area contributed by atoms with Crippen molar-refractivity contribution < 1.29 is 9.53 Å². The monoisotopic (exact) mass is 242 g/mol. The number of rotatable bonds is 4. The number of carbonyl (C=O) groups excluding carboxylic acids is 1. The van der Waals surface area contributed by atoms with E-state index in [2.05, 4.69) is 31.4 Å². The Morgan fingerprint density at radius 1 is 1.35 bits per heavy atom. The van der Waals surface area contributed by atoms with Gasteiger partial charge in [0, 0.05) is 13.7 Å². The summed E-state index contributed by atoms with van der Waals surface area (Å²) in [5.41, 5.74) is -0.356. The highest BCUT2D eigenvalue weighted by molar-refractivity contribution is 5.85. The van der Waals surface area contributed by atoms with Crippen LogP contribution in [0.2, 0.25) is 0 Å². The summed E-state index contributed by atoms with van der Waals surface area (Å²) in [4.78, 5) is 12.2. The molecule has 0 aromatic rings. The molecule has 2 N–H and O–H groups in total. The summed E-state index contributed by atoms with van der Waals surface area (Å²) >= 11 is 0. The van der Waals surface area contributed by atoms with Crippen LogP contribution in [0.15, 0.2) is 0 Å². The van der Waals surface area contributed by atoms with Gasteiger partial charge in [0.05, 0.1) is 0 Å². The molecule has 0 aromatic heterocycles. The lowest BCUT2D eigenvalue weighted by molar-refractivity contribution is -0.146. The average Bonchev–Trinajstić information content (AvgIpc) is 2.28. The van der Waals surface area contributed by atoms with E-state index in [9.17, 15) is 4.79 Å². The van der Waals surface area contributed by atoms with Crippen LogP contribution in [0.25, 0.3) is 0 Å². The minimum atomic E-state index is -0.608. The molecule has 0 unspecified atom stereocenters. The van der Waals surface area contributed by atoms with Crippen molar-refractivity contribution in [3.63, 3.8) is 0 Å². The SMILES string of the molecule is COC1(C(=O)NCCC(C)(C)C)CCNCC1. The second kappa shape index (κ2) is 5.83. The summed E-state index contributed by atoms with van der Waals surface area (Å²) in [5, 5.41) is 6.26. The molecule has 1 aliphatic heterocycles. The van der Waals surface area contributed by atoms with Gasteiger partial charge in [-0.05, 0) is 37.8 Å². The molecule has 100 valence electrons. The molecule has 0 saturated carbocycles. The van der Waals surface area contributed by atoms with Crippen molar-refractivity contribution >= 4 is 5.91 Å². The summed E-state index contributed by atoms with van der Waals surface area (Å²) in [5.74, 6) is 0.0470. The summed E-state index contributed by atoms with van der Waals surface area (Å²) in [6.45, 7) is 8.95. The number of hydrogen-bond donors (Lipinski definition) is 2. The van der Waals surface area contributed by atoms with Gasteiger partial charge < -0.3 is 15.4 Å². The van der Waals surface area contributed by atoms with Gasteiger partial charge in [-0.2, -0.15) is 0 Å². The van der Waals surface area contributed by atoms with Gasteiger partial charge in [-0.1, -0.05) is 20.8 Å². The van der Waals surface area contributed by atoms with E-state index in [4.69, 9.17) is 4.74 Å². The zero-order chi connectivity index (χ0) is 12.9. The fraction of sp³-hybridized carbons (Fsp3) is 0.923. The zero-order valence-electron chi connectivity index (χ0n) is 11.6. The van der Waals surface area contributed by atoms with Crippen LogP contribution in [0, 0.1) is 5.41 Å². The summed E-state index contributed by atoms with van der Waals surface area (Å²) in [6, 6.07) is 0. The van der Waals surface area contributed by atoms with E-state index in [1.165, 1.54) is 0 Å². The Balaban J connectivity index is 2.44. The molecule has 4 heteroatoms. The van der Waals surface area contributed by atoms with Crippen LogP contribution in [0.4, 0.5) is 0 Å². The topological polar surface area (TPSA) is 50.4 Å². The van der Waals surface area contributed by atoms with Crippen LogP contribution in [0.5, 0.6) is 0 Å². The molecule has 0 bridgehead atoms. The molecular weight excluding hydrogens is 216 g/mol. The number of hydrogen-bond acceptors (Lipinski definition) is 3. The first-order valence-corrected chi connectivity index (χ1v) is 6.44. The first-order chi connectivity index (χ1) is 7.90. The van der Waals surface area contributed by atoms with Gasteiger partial charge in [-0.3, -0.25) is 4.79 Å². The highest BCUT2D eigenvalue weighted by Crippen LogP contribution is 2.23. The van der Waals surface area contributed by atoms with Crippen molar-refractivity contribution in [2.75, 3.05) is 26.7 Å². The third kappa shape index (κ3) is 4.28. The number of amides is 1. The molecule has 1 amide bonds. The Bertz CT molecular complexity index is 253. The van der Waals surface area contributed by atoms with Crippen LogP contribution in [-0.4, -0.2) is 38.3 Å². The van der Waals surface area contributed by atoms with Crippen molar-refractivity contribution in [1.82, 2.24) is 10.6 Å². The maximum atomic E-state index is 12.2. The van der Waals surface area contributed by atoms with Crippen molar-refractivity contribution in [3.05, 3.63) is 0 Å². The second-order valence-electron chi connectivity index (χ2n) is 6.01. The van der Waals surface area contributed by atoms with Gasteiger partial charge in [0.25, 0.3) is 5.91 Å². The summed E-state index contributed by atoms with van der Waals surface area (Å²) in [6.07, 6.45) is 2.49. The highest BCUT2D eigenvalue weighted by Gasteiger charge is 2.39. The Morgan fingerprint density at radius 3 is 2.41 bits per heavy atom. The maximum Gasteiger partial charge on any atom is 0.252 e. The Labute approximate surface area is 104 Å². The Morgan fingerprint density at radius 2 is 1.94 bits per heavy atom. The quantitative estimate of drug-likeness (QED) is 0.781. The van der Waals surface area contributed by atoms with E-state index in [0.717, 1.165) is 38.9 Å². The minimum absolute atomic E-state index is 0.0470. The van der Waals surface area contributed by atoms with Gasteiger partial charge >= 0.3 is 0 Å². The van der Waals surface area contributed by atoms with Crippen molar-refractivity contribution in [3.8, 4) is 0 Å². The fourth-order valence-corrected chi connectivity index (χ4v) is 2.07. The normalized spacial score (nSPS) is 20.0. The van der Waals surface area contributed by atoms with Gasteiger partial charge in [0.1, 0.15) is 5.60 Å². The predicted octanol–water partition coefficient (Wildman–Crippen LogP) is 1.31. The van der Waals surface area contributed by atoms with E-state index in [0.29, 0.717) is 0 Å². The fourth-order valence-electron chi connectivity index (χ4n) is 2.07. The molecule has 0 atom stereocenters. The predicted molar refractivity (Wildman–Crippen MR) is 68.9 cm³/mol. The third-order valence-corrected chi connectivity index (χ3v) is 3.38. The molecule has 4 nitrogen and oxygen atoms in total. The average molecular weight is 242 g/mol. The standard InChI is InChI=1S/C13H26N2O2/c1-12(2,3)5-10-15-11(16)13(17-4)6-8-14-9-7-13/h14H,5-10H2,1-4H3,(H,15,16). The van der Waals surface area contributed by atoms with E-state index in [-0.39, 0.29) is 11.3 Å². The first-order valence-electron chi connectivity index (χ1n) is 6.44. The Hall–Kier alpha value is -0.610. The zero-order valence-corrected chi connectivity index (χ0v) is 11.6. The molecule has 1 aliphatic rings. The first kappa shape index (κ1) is 14.5. The van der Waals surface area contributed by atoms with Crippen molar-refractivity contribution in [2.45, 2.75) is 45.6 Å². The van der Waals surface area contributed by atoms with E-state index in [1.807, 2.05) is 0 Å². The van der Waals surface area contributed by atoms with Crippen LogP contribution in [0.3, 0.4) is 0 Å². The maximum absolute atomic E-state index is 12.2. The number of piperidine rings is 1. The highest BCUT2D eigenvalue weighted by atomic mass is 16.5. The lowest BCUT2D eigenvalue weighted by atomic mass is 9.90. The summed E-state index contributed by atoms with van der Waals surface area (Å²) < 4.78 is 5.47. The lowest BCUT2D eigenvalue weighted by Crippen LogP contribution is -2.54. The summed E-state index contributed by atoms with van der Waals surface area (Å²) in [7, 11) is 1.63. The van der Waals surface area contributed by atoms with Gasteiger partial charge in [-0.15, -0.1) is 0 Å². The smallest absolute Gasteiger partial charge is 0.252 e. The molecular formula is C13H26N2O2. The largest absolute Gasteiger partial charge is 0.368 e.